The van der Waals surface area contributed by atoms with Crippen LogP contribution in [0, 0.1) is 5.92 Å². The van der Waals surface area contributed by atoms with Crippen LogP contribution in [0.1, 0.15) is 25.1 Å². The summed E-state index contributed by atoms with van der Waals surface area (Å²) in [6.07, 6.45) is 4.63. The quantitative estimate of drug-likeness (QED) is 0.906. The van der Waals surface area contributed by atoms with Crippen LogP contribution in [0.15, 0.2) is 36.7 Å². The zero-order valence-corrected chi connectivity index (χ0v) is 13.1. The van der Waals surface area contributed by atoms with Crippen LogP contribution >= 0.6 is 0 Å². The van der Waals surface area contributed by atoms with Gasteiger partial charge in [0.25, 0.3) is 0 Å². The molecule has 6 nitrogen and oxygen atoms in total. The molecule has 122 valence electrons. The number of aliphatic hydroxyl groups excluding tert-OH is 1. The van der Waals surface area contributed by atoms with Gasteiger partial charge in [-0.3, -0.25) is 9.36 Å². The molecule has 0 radical (unpaired) electrons. The van der Waals surface area contributed by atoms with Crippen LogP contribution in [-0.2, 0) is 11.2 Å². The lowest BCUT2D eigenvalue weighted by Gasteiger charge is -2.31. The molecule has 1 saturated heterocycles. The second-order valence-corrected chi connectivity index (χ2v) is 5.98. The Kier molecular flexibility index (Phi) is 5.02. The summed E-state index contributed by atoms with van der Waals surface area (Å²) in [7, 11) is 0. The Morgan fingerprint density at radius 1 is 1.30 bits per heavy atom. The molecule has 1 aliphatic heterocycles. The predicted molar refractivity (Wildman–Crippen MR) is 86.1 cm³/mol. The number of nitrogens with zero attached hydrogens (tertiary/aromatic N) is 4. The maximum Gasteiger partial charge on any atom is 0.223 e. The van der Waals surface area contributed by atoms with E-state index in [4.69, 9.17) is 0 Å². The summed E-state index contributed by atoms with van der Waals surface area (Å²) in [4.78, 5) is 14.3. The maximum absolute atomic E-state index is 12.4. The van der Waals surface area contributed by atoms with Gasteiger partial charge in [0.2, 0.25) is 5.91 Å². The van der Waals surface area contributed by atoms with E-state index in [1.807, 2.05) is 39.8 Å². The Balaban J connectivity index is 1.61. The van der Waals surface area contributed by atoms with Gasteiger partial charge in [-0.25, -0.2) is 0 Å². The molecule has 2 aromatic rings. The molecule has 1 aromatic carbocycles. The van der Waals surface area contributed by atoms with Crippen LogP contribution in [0.2, 0.25) is 0 Å². The van der Waals surface area contributed by atoms with Gasteiger partial charge in [-0.2, -0.15) is 0 Å². The van der Waals surface area contributed by atoms with E-state index in [2.05, 4.69) is 10.2 Å². The number of rotatable bonds is 5. The van der Waals surface area contributed by atoms with Gasteiger partial charge in [-0.05, 0) is 30.9 Å². The smallest absolute Gasteiger partial charge is 0.223 e. The van der Waals surface area contributed by atoms with Gasteiger partial charge >= 0.3 is 0 Å². The van der Waals surface area contributed by atoms with E-state index in [1.165, 1.54) is 0 Å². The molecule has 0 saturated carbocycles. The standard InChI is InChI=1S/C17H22N4O2/c22-12-14-5-4-10-20(11-14)17(23)9-8-16-19-18-13-21(16)15-6-2-1-3-7-15/h1-3,6-7,13-14,22H,4-5,8-12H2. The van der Waals surface area contributed by atoms with E-state index < -0.39 is 0 Å². The van der Waals surface area contributed by atoms with Crippen molar-refractivity contribution in [1.82, 2.24) is 19.7 Å². The molecule has 23 heavy (non-hydrogen) atoms. The second-order valence-electron chi connectivity index (χ2n) is 5.98. The number of amides is 1. The predicted octanol–water partition coefficient (Wildman–Crippen LogP) is 1.43. The Morgan fingerprint density at radius 2 is 2.13 bits per heavy atom. The first-order valence-corrected chi connectivity index (χ1v) is 8.11. The fourth-order valence-corrected chi connectivity index (χ4v) is 3.05. The van der Waals surface area contributed by atoms with Crippen molar-refractivity contribution in [3.05, 3.63) is 42.5 Å². The van der Waals surface area contributed by atoms with Crippen molar-refractivity contribution in [2.24, 2.45) is 5.92 Å². The minimum Gasteiger partial charge on any atom is -0.396 e. The molecule has 1 atom stereocenters. The first kappa shape index (κ1) is 15.7. The van der Waals surface area contributed by atoms with Crippen molar-refractivity contribution in [2.45, 2.75) is 25.7 Å². The van der Waals surface area contributed by atoms with Gasteiger partial charge < -0.3 is 10.0 Å². The molecule has 1 N–H and O–H groups in total. The highest BCUT2D eigenvalue weighted by Crippen LogP contribution is 2.17. The number of piperidine rings is 1. The van der Waals surface area contributed by atoms with Crippen molar-refractivity contribution in [3.8, 4) is 5.69 Å². The molecular formula is C17H22N4O2. The van der Waals surface area contributed by atoms with Gasteiger partial charge in [0.05, 0.1) is 0 Å². The van der Waals surface area contributed by atoms with E-state index in [0.717, 1.165) is 30.9 Å². The third kappa shape index (κ3) is 3.76. The van der Waals surface area contributed by atoms with Gasteiger partial charge in [0, 0.05) is 38.2 Å². The molecule has 3 rings (SSSR count). The summed E-state index contributed by atoms with van der Waals surface area (Å²) in [6, 6.07) is 9.88. The summed E-state index contributed by atoms with van der Waals surface area (Å²) >= 11 is 0. The van der Waals surface area contributed by atoms with E-state index in [0.29, 0.717) is 19.4 Å². The maximum atomic E-state index is 12.4. The molecule has 1 aromatic heterocycles. The molecule has 1 fully saturated rings. The van der Waals surface area contributed by atoms with Crippen molar-refractivity contribution >= 4 is 5.91 Å². The van der Waals surface area contributed by atoms with Crippen molar-refractivity contribution < 1.29 is 9.90 Å². The van der Waals surface area contributed by atoms with Crippen molar-refractivity contribution in [2.75, 3.05) is 19.7 Å². The average Bonchev–Trinajstić information content (AvgIpc) is 3.09. The van der Waals surface area contributed by atoms with Gasteiger partial charge in [-0.15, -0.1) is 10.2 Å². The molecular weight excluding hydrogens is 292 g/mol. The third-order valence-corrected chi connectivity index (χ3v) is 4.35. The number of benzene rings is 1. The van der Waals surface area contributed by atoms with E-state index in [-0.39, 0.29) is 18.4 Å². The molecule has 6 heteroatoms. The third-order valence-electron chi connectivity index (χ3n) is 4.35. The minimum atomic E-state index is 0.130. The van der Waals surface area contributed by atoms with E-state index >= 15 is 0 Å². The SMILES string of the molecule is O=C(CCc1nncn1-c1ccccc1)N1CCCC(CO)C1. The number of para-hydroxylation sites is 1. The average molecular weight is 314 g/mol. The van der Waals surface area contributed by atoms with Crippen LogP contribution in [-0.4, -0.2) is 50.4 Å². The summed E-state index contributed by atoms with van der Waals surface area (Å²) in [5.74, 6) is 1.15. The van der Waals surface area contributed by atoms with Gasteiger partial charge in [-0.1, -0.05) is 18.2 Å². The number of aliphatic hydroxyl groups is 1. The Hall–Kier alpha value is -2.21. The normalized spacial score (nSPS) is 18.1. The fraction of sp³-hybridized carbons (Fsp3) is 0.471. The fourth-order valence-electron chi connectivity index (χ4n) is 3.05. The number of hydrogen-bond acceptors (Lipinski definition) is 4. The lowest BCUT2D eigenvalue weighted by atomic mass is 9.98. The molecule has 0 bridgehead atoms. The number of carbonyl (C=O) groups is 1. The number of hydrogen-bond donors (Lipinski definition) is 1. The Morgan fingerprint density at radius 3 is 2.91 bits per heavy atom. The van der Waals surface area contributed by atoms with Crippen LogP contribution in [0.5, 0.6) is 0 Å². The Bertz CT molecular complexity index is 641. The zero-order valence-electron chi connectivity index (χ0n) is 13.1. The van der Waals surface area contributed by atoms with Crippen LogP contribution in [0.3, 0.4) is 0 Å². The Labute approximate surface area is 135 Å². The summed E-state index contributed by atoms with van der Waals surface area (Å²) in [5, 5.41) is 17.4. The van der Waals surface area contributed by atoms with E-state index in [9.17, 15) is 9.90 Å². The summed E-state index contributed by atoms with van der Waals surface area (Å²) < 4.78 is 1.92. The molecule has 2 heterocycles. The minimum absolute atomic E-state index is 0.130. The zero-order chi connectivity index (χ0) is 16.1. The lowest BCUT2D eigenvalue weighted by Crippen LogP contribution is -2.41. The van der Waals surface area contributed by atoms with E-state index in [1.54, 1.807) is 6.33 Å². The number of aryl methyl sites for hydroxylation is 1. The highest BCUT2D eigenvalue weighted by molar-refractivity contribution is 5.76. The molecule has 1 aliphatic rings. The lowest BCUT2D eigenvalue weighted by molar-refractivity contribution is -0.133. The van der Waals surface area contributed by atoms with Gasteiger partial charge in [0.1, 0.15) is 12.2 Å². The van der Waals surface area contributed by atoms with Crippen molar-refractivity contribution in [1.29, 1.82) is 0 Å². The monoisotopic (exact) mass is 314 g/mol. The highest BCUT2D eigenvalue weighted by Gasteiger charge is 2.23. The van der Waals surface area contributed by atoms with Crippen LogP contribution in [0.25, 0.3) is 5.69 Å². The molecule has 0 aliphatic carbocycles. The number of aromatic nitrogens is 3. The van der Waals surface area contributed by atoms with Crippen molar-refractivity contribution in [3.63, 3.8) is 0 Å². The van der Waals surface area contributed by atoms with Gasteiger partial charge in [0.15, 0.2) is 0 Å². The highest BCUT2D eigenvalue weighted by atomic mass is 16.3. The summed E-state index contributed by atoms with van der Waals surface area (Å²) in [5.41, 5.74) is 0.998. The second kappa shape index (κ2) is 7.37. The number of carbonyl (C=O) groups excluding carboxylic acids is 1. The first-order valence-electron chi connectivity index (χ1n) is 8.11. The molecule has 0 spiro atoms. The topological polar surface area (TPSA) is 71.2 Å². The van der Waals surface area contributed by atoms with Crippen LogP contribution in [0.4, 0.5) is 0 Å². The number of likely N-dealkylation sites (tertiary alicyclic amines) is 1. The first-order chi connectivity index (χ1) is 11.3. The molecule has 1 amide bonds. The molecule has 1 unspecified atom stereocenters. The largest absolute Gasteiger partial charge is 0.396 e. The summed E-state index contributed by atoms with van der Waals surface area (Å²) in [6.45, 7) is 1.62. The van der Waals surface area contributed by atoms with Crippen LogP contribution < -0.4 is 0 Å².